The smallest absolute Gasteiger partial charge is 0.167 e. The second-order valence-electron chi connectivity index (χ2n) is 11.6. The van der Waals surface area contributed by atoms with E-state index in [1.165, 1.54) is 27.6 Å². The third kappa shape index (κ3) is 4.50. The molecule has 4 heteroatoms. The van der Waals surface area contributed by atoms with Crippen molar-refractivity contribution in [3.05, 3.63) is 150 Å². The first-order valence-corrected chi connectivity index (χ1v) is 15.3. The molecular formula is C41H27N3O. The van der Waals surface area contributed by atoms with Crippen LogP contribution in [-0.2, 0) is 6.42 Å². The molecule has 8 aromatic rings. The second-order valence-corrected chi connectivity index (χ2v) is 11.6. The molecular weight excluding hydrogens is 550 g/mol. The number of rotatable bonds is 4. The molecule has 0 aliphatic heterocycles. The van der Waals surface area contributed by atoms with E-state index >= 15 is 0 Å². The molecule has 9 rings (SSSR count). The van der Waals surface area contributed by atoms with Crippen LogP contribution in [-0.4, -0.2) is 15.0 Å². The second kappa shape index (κ2) is 10.4. The van der Waals surface area contributed by atoms with Gasteiger partial charge in [0.2, 0.25) is 0 Å². The van der Waals surface area contributed by atoms with Crippen LogP contribution in [0.2, 0.25) is 0 Å². The number of allylic oxidation sites excluding steroid dienone is 1. The van der Waals surface area contributed by atoms with E-state index in [9.17, 15) is 0 Å². The van der Waals surface area contributed by atoms with E-state index < -0.39 is 0 Å². The maximum atomic E-state index is 6.41. The van der Waals surface area contributed by atoms with Crippen LogP contribution in [0.3, 0.4) is 0 Å². The predicted octanol–water partition coefficient (Wildman–Crippen LogP) is 10.4. The Labute approximate surface area is 260 Å². The van der Waals surface area contributed by atoms with Gasteiger partial charge in [0, 0.05) is 16.3 Å². The van der Waals surface area contributed by atoms with Crippen LogP contribution in [0.4, 0.5) is 0 Å². The van der Waals surface area contributed by atoms with E-state index in [1.807, 2.05) is 30.3 Å². The molecule has 212 valence electrons. The van der Waals surface area contributed by atoms with Gasteiger partial charge in [-0.2, -0.15) is 0 Å². The van der Waals surface area contributed by atoms with Crippen LogP contribution in [0, 0.1) is 0 Å². The minimum Gasteiger partial charge on any atom is -0.455 e. The molecule has 2 aromatic heterocycles. The highest BCUT2D eigenvalue weighted by molar-refractivity contribution is 6.09. The summed E-state index contributed by atoms with van der Waals surface area (Å²) in [7, 11) is 0. The molecule has 0 atom stereocenters. The van der Waals surface area contributed by atoms with Gasteiger partial charge < -0.3 is 4.42 Å². The molecule has 45 heavy (non-hydrogen) atoms. The van der Waals surface area contributed by atoms with E-state index in [1.54, 1.807) is 0 Å². The topological polar surface area (TPSA) is 51.8 Å². The minimum atomic E-state index is 0.610. The Morgan fingerprint density at radius 2 is 1.20 bits per heavy atom. The van der Waals surface area contributed by atoms with E-state index in [0.717, 1.165) is 56.9 Å². The van der Waals surface area contributed by atoms with Crippen LogP contribution < -0.4 is 0 Å². The predicted molar refractivity (Wildman–Crippen MR) is 184 cm³/mol. The summed E-state index contributed by atoms with van der Waals surface area (Å²) < 4.78 is 6.41. The normalized spacial score (nSPS) is 12.8. The van der Waals surface area contributed by atoms with Crippen molar-refractivity contribution in [1.82, 2.24) is 15.0 Å². The first-order valence-electron chi connectivity index (χ1n) is 15.3. The number of para-hydroxylation sites is 2. The van der Waals surface area contributed by atoms with Crippen molar-refractivity contribution in [2.45, 2.75) is 12.8 Å². The van der Waals surface area contributed by atoms with Gasteiger partial charge in [-0.25, -0.2) is 15.0 Å². The maximum absolute atomic E-state index is 6.41. The fourth-order valence-corrected chi connectivity index (χ4v) is 6.50. The van der Waals surface area contributed by atoms with Gasteiger partial charge in [0.1, 0.15) is 11.2 Å². The SMILES string of the molecule is C1=C(c2nc(-c3ccc4cc(-c5ccccc5)ccc4c3)nc(-c3cccc4c3oc3ccccc34)n2)CCc2ccccc21. The van der Waals surface area contributed by atoms with Crippen molar-refractivity contribution in [2.24, 2.45) is 0 Å². The van der Waals surface area contributed by atoms with Crippen molar-refractivity contribution in [3.8, 4) is 33.9 Å². The number of hydrogen-bond donors (Lipinski definition) is 0. The van der Waals surface area contributed by atoms with E-state index in [0.29, 0.717) is 17.5 Å². The summed E-state index contributed by atoms with van der Waals surface area (Å²) in [6, 6.07) is 46.4. The summed E-state index contributed by atoms with van der Waals surface area (Å²) >= 11 is 0. The van der Waals surface area contributed by atoms with Crippen LogP contribution in [0.1, 0.15) is 23.4 Å². The van der Waals surface area contributed by atoms with Crippen LogP contribution in [0.15, 0.2) is 138 Å². The van der Waals surface area contributed by atoms with Crippen molar-refractivity contribution in [1.29, 1.82) is 0 Å². The van der Waals surface area contributed by atoms with Crippen LogP contribution in [0.25, 0.3) is 78.3 Å². The van der Waals surface area contributed by atoms with Gasteiger partial charge in [0.15, 0.2) is 17.5 Å². The molecule has 0 bridgehead atoms. The van der Waals surface area contributed by atoms with Crippen LogP contribution in [0.5, 0.6) is 0 Å². The van der Waals surface area contributed by atoms with Gasteiger partial charge in [-0.1, -0.05) is 109 Å². The number of fused-ring (bicyclic) bond motifs is 5. The lowest BCUT2D eigenvalue weighted by molar-refractivity contribution is 0.669. The molecule has 0 spiro atoms. The maximum Gasteiger partial charge on any atom is 0.167 e. The summed E-state index contributed by atoms with van der Waals surface area (Å²) in [5.41, 5.74) is 9.55. The van der Waals surface area contributed by atoms with Crippen molar-refractivity contribution in [3.63, 3.8) is 0 Å². The first-order chi connectivity index (χ1) is 22.3. The molecule has 0 amide bonds. The molecule has 4 nitrogen and oxygen atoms in total. The summed E-state index contributed by atoms with van der Waals surface area (Å²) in [6.45, 7) is 0. The Hall–Kier alpha value is -5.87. The molecule has 0 N–H and O–H groups in total. The third-order valence-corrected chi connectivity index (χ3v) is 8.82. The molecule has 6 aromatic carbocycles. The van der Waals surface area contributed by atoms with Gasteiger partial charge in [0.05, 0.1) is 5.56 Å². The number of benzene rings is 6. The van der Waals surface area contributed by atoms with E-state index in [4.69, 9.17) is 19.4 Å². The Balaban J connectivity index is 1.22. The molecule has 2 heterocycles. The third-order valence-electron chi connectivity index (χ3n) is 8.82. The van der Waals surface area contributed by atoms with Crippen molar-refractivity contribution >= 4 is 44.4 Å². The minimum absolute atomic E-state index is 0.610. The lowest BCUT2D eigenvalue weighted by Gasteiger charge is -2.16. The Morgan fingerprint density at radius 1 is 0.489 bits per heavy atom. The molecule has 0 fully saturated rings. The molecule has 1 aliphatic carbocycles. The fraction of sp³-hybridized carbons (Fsp3) is 0.0488. The number of hydrogen-bond acceptors (Lipinski definition) is 4. The van der Waals surface area contributed by atoms with Crippen LogP contribution >= 0.6 is 0 Å². The van der Waals surface area contributed by atoms with Gasteiger partial charge in [-0.15, -0.1) is 0 Å². The number of aryl methyl sites for hydroxylation is 1. The Morgan fingerprint density at radius 3 is 2.11 bits per heavy atom. The summed E-state index contributed by atoms with van der Waals surface area (Å²) in [6.07, 6.45) is 4.06. The van der Waals surface area contributed by atoms with Crippen molar-refractivity contribution in [2.75, 3.05) is 0 Å². The average molecular weight is 578 g/mol. The van der Waals surface area contributed by atoms with E-state index in [2.05, 4.69) is 109 Å². The Bertz CT molecular complexity index is 2440. The highest BCUT2D eigenvalue weighted by Gasteiger charge is 2.20. The quantitative estimate of drug-likeness (QED) is 0.209. The molecule has 0 radical (unpaired) electrons. The lowest BCUT2D eigenvalue weighted by atomic mass is 9.92. The zero-order valence-electron chi connectivity index (χ0n) is 24.4. The zero-order valence-corrected chi connectivity index (χ0v) is 24.4. The number of furan rings is 1. The summed E-state index contributed by atoms with van der Waals surface area (Å²) in [5, 5.41) is 4.45. The average Bonchev–Trinajstić information content (AvgIpc) is 3.50. The first kappa shape index (κ1) is 25.6. The van der Waals surface area contributed by atoms with Gasteiger partial charge in [-0.3, -0.25) is 0 Å². The lowest BCUT2D eigenvalue weighted by Crippen LogP contribution is -2.06. The van der Waals surface area contributed by atoms with Gasteiger partial charge >= 0.3 is 0 Å². The zero-order chi connectivity index (χ0) is 29.7. The monoisotopic (exact) mass is 577 g/mol. The van der Waals surface area contributed by atoms with E-state index in [-0.39, 0.29) is 0 Å². The highest BCUT2D eigenvalue weighted by atomic mass is 16.3. The molecule has 0 saturated heterocycles. The van der Waals surface area contributed by atoms with Gasteiger partial charge in [-0.05, 0) is 81.8 Å². The standard InChI is InChI=1S/C41H27N3O/c1-2-9-26(10-3-1)29-18-19-31-25-33(22-20-30(31)23-29)40-42-39(32-21-17-27-11-4-5-12-28(27)24-32)43-41(44-40)36-15-8-14-35-34-13-6-7-16-37(34)45-38(35)36/h1-16,18-20,22-25H,17,21H2. The number of aromatic nitrogens is 3. The molecule has 0 saturated carbocycles. The number of nitrogens with zero attached hydrogens (tertiary/aromatic N) is 3. The molecule has 1 aliphatic rings. The fourth-order valence-electron chi connectivity index (χ4n) is 6.50. The summed E-state index contributed by atoms with van der Waals surface area (Å²) in [5.74, 6) is 1.97. The summed E-state index contributed by atoms with van der Waals surface area (Å²) in [4.78, 5) is 15.3. The largest absolute Gasteiger partial charge is 0.455 e. The van der Waals surface area contributed by atoms with Crippen molar-refractivity contribution < 1.29 is 4.42 Å². The van der Waals surface area contributed by atoms with Gasteiger partial charge in [0.25, 0.3) is 0 Å². The molecule has 0 unspecified atom stereocenters. The Kier molecular flexibility index (Phi) is 5.91. The highest BCUT2D eigenvalue weighted by Crippen LogP contribution is 2.37.